The second-order valence-corrected chi connectivity index (χ2v) is 9.28. The SMILES string of the molecule is OC1CCC(n2cc(-c3cnc4[nH]cc(C(CF)c5c(Cl)ccc(F)c5Cl)c4c3)cn2)CC1. The normalized spacial score (nSPS) is 19.8. The van der Waals surface area contributed by atoms with Crippen molar-refractivity contribution in [2.24, 2.45) is 0 Å². The molecule has 0 aliphatic heterocycles. The van der Waals surface area contributed by atoms with E-state index in [1.54, 1.807) is 18.6 Å². The van der Waals surface area contributed by atoms with Gasteiger partial charge in [0.25, 0.3) is 0 Å². The van der Waals surface area contributed by atoms with E-state index in [0.717, 1.165) is 36.8 Å². The maximum atomic E-state index is 14.3. The topological polar surface area (TPSA) is 66.7 Å². The number of rotatable bonds is 5. The maximum Gasteiger partial charge on any atom is 0.142 e. The lowest BCUT2D eigenvalue weighted by atomic mass is 9.91. The first-order chi connectivity index (χ1) is 16.0. The van der Waals surface area contributed by atoms with Crippen molar-refractivity contribution in [2.75, 3.05) is 6.67 Å². The molecule has 3 aromatic heterocycles. The summed E-state index contributed by atoms with van der Waals surface area (Å²) in [5, 5.41) is 15.0. The minimum atomic E-state index is -0.845. The fourth-order valence-electron chi connectivity index (χ4n) is 4.66. The number of hydrogen-bond donors (Lipinski definition) is 2. The van der Waals surface area contributed by atoms with Crippen molar-refractivity contribution in [3.8, 4) is 11.1 Å². The highest BCUT2D eigenvalue weighted by Gasteiger charge is 2.26. The van der Waals surface area contributed by atoms with Crippen LogP contribution in [0.1, 0.15) is 48.8 Å². The first-order valence-electron chi connectivity index (χ1n) is 10.8. The number of aromatic amines is 1. The molecule has 1 saturated carbocycles. The van der Waals surface area contributed by atoms with E-state index >= 15 is 0 Å². The number of pyridine rings is 1. The molecule has 0 saturated heterocycles. The van der Waals surface area contributed by atoms with Crippen LogP contribution in [0.25, 0.3) is 22.2 Å². The molecule has 1 aliphatic carbocycles. The summed E-state index contributed by atoms with van der Waals surface area (Å²) in [6, 6.07) is 4.74. The number of hydrogen-bond acceptors (Lipinski definition) is 3. The van der Waals surface area contributed by atoms with Gasteiger partial charge in [0.05, 0.1) is 23.4 Å². The number of nitrogens with zero attached hydrogens (tertiary/aromatic N) is 3. The van der Waals surface area contributed by atoms with Gasteiger partial charge in [-0.05, 0) is 49.4 Å². The van der Waals surface area contributed by atoms with Crippen molar-refractivity contribution in [1.82, 2.24) is 19.7 Å². The van der Waals surface area contributed by atoms with Crippen LogP contribution in [0.15, 0.2) is 43.0 Å². The van der Waals surface area contributed by atoms with Gasteiger partial charge in [-0.1, -0.05) is 23.2 Å². The predicted octanol–water partition coefficient (Wildman–Crippen LogP) is 6.45. The Hall–Kier alpha value is -2.48. The smallest absolute Gasteiger partial charge is 0.142 e. The minimum absolute atomic E-state index is 0.178. The van der Waals surface area contributed by atoms with Gasteiger partial charge >= 0.3 is 0 Å². The molecule has 1 aliphatic rings. The molecular formula is C24H22Cl2F2N4O. The third-order valence-corrected chi connectivity index (χ3v) is 7.21. The van der Waals surface area contributed by atoms with Gasteiger partial charge in [-0.2, -0.15) is 5.10 Å². The zero-order chi connectivity index (χ0) is 23.1. The number of fused-ring (bicyclic) bond motifs is 1. The molecule has 1 atom stereocenters. The van der Waals surface area contributed by atoms with E-state index in [1.807, 2.05) is 16.9 Å². The first kappa shape index (κ1) is 22.3. The number of nitrogens with one attached hydrogen (secondary N) is 1. The number of aromatic nitrogens is 4. The Morgan fingerprint density at radius 2 is 1.94 bits per heavy atom. The lowest BCUT2D eigenvalue weighted by Crippen LogP contribution is -2.21. The number of halogens is 4. The third-order valence-electron chi connectivity index (χ3n) is 6.50. The second kappa shape index (κ2) is 9.05. The maximum absolute atomic E-state index is 14.3. The second-order valence-electron chi connectivity index (χ2n) is 8.50. The summed E-state index contributed by atoms with van der Waals surface area (Å²) in [5.74, 6) is -1.49. The van der Waals surface area contributed by atoms with E-state index in [2.05, 4.69) is 15.1 Å². The molecule has 1 aromatic carbocycles. The van der Waals surface area contributed by atoms with Crippen LogP contribution >= 0.6 is 23.2 Å². The lowest BCUT2D eigenvalue weighted by molar-refractivity contribution is 0.108. The molecule has 0 radical (unpaired) electrons. The van der Waals surface area contributed by atoms with Crippen molar-refractivity contribution in [3.05, 3.63) is 70.0 Å². The van der Waals surface area contributed by atoms with Crippen LogP contribution in [0, 0.1) is 5.82 Å². The van der Waals surface area contributed by atoms with Crippen LogP contribution in [0.4, 0.5) is 8.78 Å². The Balaban J connectivity index is 1.52. The van der Waals surface area contributed by atoms with Crippen LogP contribution in [-0.2, 0) is 0 Å². The fourth-order valence-corrected chi connectivity index (χ4v) is 5.29. The molecule has 5 nitrogen and oxygen atoms in total. The van der Waals surface area contributed by atoms with Crippen LogP contribution in [0.3, 0.4) is 0 Å². The molecule has 5 rings (SSSR count). The number of aliphatic hydroxyl groups is 1. The summed E-state index contributed by atoms with van der Waals surface area (Å²) >= 11 is 12.5. The third kappa shape index (κ3) is 4.14. The highest BCUT2D eigenvalue weighted by molar-refractivity contribution is 6.36. The number of aliphatic hydroxyl groups excluding tert-OH is 1. The Kier molecular flexibility index (Phi) is 6.12. The van der Waals surface area contributed by atoms with Crippen molar-refractivity contribution < 1.29 is 13.9 Å². The molecule has 1 unspecified atom stereocenters. The summed E-state index contributed by atoms with van der Waals surface area (Å²) in [5.41, 5.74) is 3.13. The average Bonchev–Trinajstić information content (AvgIpc) is 3.47. The molecule has 0 bridgehead atoms. The first-order valence-corrected chi connectivity index (χ1v) is 11.6. The molecule has 9 heteroatoms. The molecule has 3 heterocycles. The molecule has 0 spiro atoms. The zero-order valence-corrected chi connectivity index (χ0v) is 19.1. The zero-order valence-electron chi connectivity index (χ0n) is 17.6. The summed E-state index contributed by atoms with van der Waals surface area (Å²) in [4.78, 5) is 7.56. The van der Waals surface area contributed by atoms with Crippen molar-refractivity contribution >= 4 is 34.2 Å². The summed E-state index contributed by atoms with van der Waals surface area (Å²) in [7, 11) is 0. The molecule has 172 valence electrons. The van der Waals surface area contributed by atoms with Crippen molar-refractivity contribution in [3.63, 3.8) is 0 Å². The predicted molar refractivity (Wildman–Crippen MR) is 125 cm³/mol. The Morgan fingerprint density at radius 3 is 2.70 bits per heavy atom. The van der Waals surface area contributed by atoms with Crippen LogP contribution < -0.4 is 0 Å². The van der Waals surface area contributed by atoms with Gasteiger partial charge in [-0.3, -0.25) is 9.07 Å². The summed E-state index contributed by atoms with van der Waals surface area (Å²) in [6.07, 6.45) is 10.3. The van der Waals surface area contributed by atoms with Gasteiger partial charge in [-0.15, -0.1) is 0 Å². The van der Waals surface area contributed by atoms with Gasteiger partial charge in [0.1, 0.15) is 18.1 Å². The minimum Gasteiger partial charge on any atom is -0.393 e. The van der Waals surface area contributed by atoms with Crippen LogP contribution in [0.2, 0.25) is 10.0 Å². The monoisotopic (exact) mass is 490 g/mol. The molecule has 2 N–H and O–H groups in total. The van der Waals surface area contributed by atoms with Gasteiger partial charge < -0.3 is 10.1 Å². The molecule has 0 amide bonds. The van der Waals surface area contributed by atoms with Crippen molar-refractivity contribution in [1.29, 1.82) is 0 Å². The molecule has 33 heavy (non-hydrogen) atoms. The highest BCUT2D eigenvalue weighted by atomic mass is 35.5. The van der Waals surface area contributed by atoms with E-state index < -0.39 is 18.4 Å². The van der Waals surface area contributed by atoms with Gasteiger partial charge in [0, 0.05) is 51.6 Å². The summed E-state index contributed by atoms with van der Waals surface area (Å²) in [6.45, 7) is -0.800. The number of H-pyrrole nitrogens is 1. The van der Waals surface area contributed by atoms with Gasteiger partial charge in [0.15, 0.2) is 0 Å². The van der Waals surface area contributed by atoms with Crippen molar-refractivity contribution in [2.45, 2.75) is 43.7 Å². The number of benzene rings is 1. The Labute approximate surface area is 199 Å². The van der Waals surface area contributed by atoms with Gasteiger partial charge in [0.2, 0.25) is 0 Å². The molecule has 4 aromatic rings. The average molecular weight is 491 g/mol. The van der Waals surface area contributed by atoms with E-state index in [0.29, 0.717) is 16.6 Å². The van der Waals surface area contributed by atoms with Crippen LogP contribution in [0.5, 0.6) is 0 Å². The summed E-state index contributed by atoms with van der Waals surface area (Å²) < 4.78 is 30.3. The largest absolute Gasteiger partial charge is 0.393 e. The molecule has 1 fully saturated rings. The van der Waals surface area contributed by atoms with Crippen LogP contribution in [-0.4, -0.2) is 37.6 Å². The van der Waals surface area contributed by atoms with E-state index in [1.165, 1.54) is 12.1 Å². The van der Waals surface area contributed by atoms with E-state index in [4.69, 9.17) is 23.2 Å². The Morgan fingerprint density at radius 1 is 1.15 bits per heavy atom. The number of alkyl halides is 1. The Bertz CT molecular complexity index is 1300. The molecular weight excluding hydrogens is 469 g/mol. The standard InChI is InChI=1S/C24H22Cl2F2N4O/c25-20-5-6-21(28)23(26)22(20)18(8-27)19-11-30-24-17(19)7-13(9-29-24)14-10-31-32(12-14)15-1-3-16(33)4-2-15/h5-7,9-12,15-16,18,33H,1-4,8H2,(H,29,30). The lowest BCUT2D eigenvalue weighted by Gasteiger charge is -2.25. The quantitative estimate of drug-likeness (QED) is 0.316. The van der Waals surface area contributed by atoms with E-state index in [-0.39, 0.29) is 27.8 Å². The highest BCUT2D eigenvalue weighted by Crippen LogP contribution is 2.40. The fraction of sp³-hybridized carbons (Fsp3) is 0.333. The van der Waals surface area contributed by atoms with E-state index in [9.17, 15) is 13.9 Å². The van der Waals surface area contributed by atoms with Gasteiger partial charge in [-0.25, -0.2) is 9.37 Å².